The minimum absolute atomic E-state index is 0.00611. The van der Waals surface area contributed by atoms with Gasteiger partial charge in [0.1, 0.15) is 11.9 Å². The molecule has 0 spiro atoms. The Labute approximate surface area is 117 Å². The van der Waals surface area contributed by atoms with Crippen molar-refractivity contribution in [2.45, 2.75) is 17.9 Å². The van der Waals surface area contributed by atoms with E-state index in [4.69, 9.17) is 5.11 Å². The first-order chi connectivity index (χ1) is 9.31. The number of nitro benzene ring substituents is 1. The number of aliphatic carboxylic acids is 1. The van der Waals surface area contributed by atoms with Crippen molar-refractivity contribution >= 4 is 29.3 Å². The normalized spacial score (nSPS) is 11.7. The molecule has 0 bridgehead atoms. The van der Waals surface area contributed by atoms with E-state index in [0.29, 0.717) is 0 Å². The van der Waals surface area contributed by atoms with Crippen molar-refractivity contribution in [1.82, 2.24) is 5.32 Å². The number of rotatable bonds is 6. The van der Waals surface area contributed by atoms with Gasteiger partial charge >= 0.3 is 5.97 Å². The summed E-state index contributed by atoms with van der Waals surface area (Å²) < 4.78 is 13.1. The van der Waals surface area contributed by atoms with Crippen molar-refractivity contribution in [3.05, 3.63) is 34.1 Å². The molecule has 0 heterocycles. The standard InChI is InChI=1S/C11H11FN2O5S/c1-6(15)13-8(11(16)17)5-20-10-4-7(12)2-3-9(10)14(18)19/h2-4,8H,5H2,1H3,(H,13,15)(H,16,17). The van der Waals surface area contributed by atoms with E-state index in [-0.39, 0.29) is 16.3 Å². The number of carboxylic acids is 1. The average Bonchev–Trinajstić information content (AvgIpc) is 2.33. The highest BCUT2D eigenvalue weighted by Gasteiger charge is 2.21. The number of hydrogen-bond donors (Lipinski definition) is 2. The largest absolute Gasteiger partial charge is 0.480 e. The van der Waals surface area contributed by atoms with Gasteiger partial charge in [-0.25, -0.2) is 9.18 Å². The number of nitro groups is 1. The van der Waals surface area contributed by atoms with Crippen molar-refractivity contribution < 1.29 is 24.0 Å². The molecule has 1 rings (SSSR count). The Bertz CT molecular complexity index is 552. The third-order valence-corrected chi connectivity index (χ3v) is 3.34. The van der Waals surface area contributed by atoms with Crippen LogP contribution in [-0.2, 0) is 9.59 Å². The SMILES string of the molecule is CC(=O)NC(CSc1cc(F)ccc1[N+](=O)[O-])C(=O)O. The molecule has 1 atom stereocenters. The summed E-state index contributed by atoms with van der Waals surface area (Å²) in [5.74, 6) is -2.62. The molecule has 1 unspecified atom stereocenters. The Hall–Kier alpha value is -2.16. The summed E-state index contributed by atoms with van der Waals surface area (Å²) in [5, 5.41) is 21.9. The lowest BCUT2D eigenvalue weighted by Gasteiger charge is -2.12. The molecule has 0 saturated heterocycles. The summed E-state index contributed by atoms with van der Waals surface area (Å²) >= 11 is 0.791. The van der Waals surface area contributed by atoms with Crippen LogP contribution in [0.4, 0.5) is 10.1 Å². The number of carboxylic acid groups (broad SMARTS) is 1. The summed E-state index contributed by atoms with van der Waals surface area (Å²) in [6.07, 6.45) is 0. The molecular weight excluding hydrogens is 291 g/mol. The van der Waals surface area contributed by atoms with E-state index in [2.05, 4.69) is 5.32 Å². The molecule has 0 aliphatic carbocycles. The third kappa shape index (κ3) is 4.50. The van der Waals surface area contributed by atoms with E-state index < -0.39 is 28.7 Å². The summed E-state index contributed by atoms with van der Waals surface area (Å²) in [5.41, 5.74) is -0.316. The predicted octanol–water partition coefficient (Wildman–Crippen LogP) is 1.42. The molecule has 108 valence electrons. The van der Waals surface area contributed by atoms with Crippen LogP contribution in [0.25, 0.3) is 0 Å². The maximum Gasteiger partial charge on any atom is 0.327 e. The Balaban J connectivity index is 2.87. The summed E-state index contributed by atoms with van der Waals surface area (Å²) in [6, 6.07) is 1.70. The van der Waals surface area contributed by atoms with Crippen molar-refractivity contribution in [2.75, 3.05) is 5.75 Å². The topological polar surface area (TPSA) is 110 Å². The van der Waals surface area contributed by atoms with Crippen LogP contribution in [0.3, 0.4) is 0 Å². The highest BCUT2D eigenvalue weighted by Crippen LogP contribution is 2.30. The van der Waals surface area contributed by atoms with Crippen LogP contribution in [0.2, 0.25) is 0 Å². The maximum absolute atomic E-state index is 13.1. The van der Waals surface area contributed by atoms with E-state index in [1.165, 1.54) is 0 Å². The van der Waals surface area contributed by atoms with Gasteiger partial charge in [-0.05, 0) is 12.1 Å². The van der Waals surface area contributed by atoms with Gasteiger partial charge in [0.15, 0.2) is 0 Å². The van der Waals surface area contributed by atoms with Crippen LogP contribution in [0.1, 0.15) is 6.92 Å². The van der Waals surface area contributed by atoms with Crippen LogP contribution >= 0.6 is 11.8 Å². The number of amides is 1. The molecular formula is C11H11FN2O5S. The van der Waals surface area contributed by atoms with Gasteiger partial charge in [-0.3, -0.25) is 14.9 Å². The fourth-order valence-electron chi connectivity index (χ4n) is 1.35. The van der Waals surface area contributed by atoms with Crippen LogP contribution in [-0.4, -0.2) is 33.7 Å². The molecule has 0 aliphatic heterocycles. The Morgan fingerprint density at radius 2 is 2.20 bits per heavy atom. The fourth-order valence-corrected chi connectivity index (χ4v) is 2.41. The number of thioether (sulfide) groups is 1. The maximum atomic E-state index is 13.1. The number of nitrogens with one attached hydrogen (secondary N) is 1. The zero-order valence-corrected chi connectivity index (χ0v) is 11.1. The lowest BCUT2D eigenvalue weighted by molar-refractivity contribution is -0.387. The van der Waals surface area contributed by atoms with Gasteiger partial charge in [0.05, 0.1) is 9.82 Å². The van der Waals surface area contributed by atoms with Gasteiger partial charge in [-0.2, -0.15) is 0 Å². The minimum Gasteiger partial charge on any atom is -0.480 e. The van der Waals surface area contributed by atoms with Crippen LogP contribution in [0, 0.1) is 15.9 Å². The molecule has 1 aromatic rings. The molecule has 0 fully saturated rings. The third-order valence-electron chi connectivity index (χ3n) is 2.20. The van der Waals surface area contributed by atoms with Crippen LogP contribution < -0.4 is 5.32 Å². The summed E-state index contributed by atoms with van der Waals surface area (Å²) in [6.45, 7) is 1.16. The predicted molar refractivity (Wildman–Crippen MR) is 69.0 cm³/mol. The quantitative estimate of drug-likeness (QED) is 0.467. The lowest BCUT2D eigenvalue weighted by atomic mass is 10.3. The second-order valence-corrected chi connectivity index (χ2v) is 4.83. The highest BCUT2D eigenvalue weighted by molar-refractivity contribution is 7.99. The first kappa shape index (κ1) is 15.9. The van der Waals surface area contributed by atoms with Crippen molar-refractivity contribution in [3.63, 3.8) is 0 Å². The fraction of sp³-hybridized carbons (Fsp3) is 0.273. The number of hydrogen-bond acceptors (Lipinski definition) is 5. The molecule has 0 radical (unpaired) electrons. The van der Waals surface area contributed by atoms with E-state index in [0.717, 1.165) is 36.9 Å². The van der Waals surface area contributed by atoms with Crippen molar-refractivity contribution in [1.29, 1.82) is 0 Å². The highest BCUT2D eigenvalue weighted by atomic mass is 32.2. The van der Waals surface area contributed by atoms with Crippen LogP contribution in [0.5, 0.6) is 0 Å². The molecule has 1 amide bonds. The molecule has 7 nitrogen and oxygen atoms in total. The monoisotopic (exact) mass is 302 g/mol. The number of halogens is 1. The van der Waals surface area contributed by atoms with Gasteiger partial charge in [0, 0.05) is 18.7 Å². The number of carbonyl (C=O) groups excluding carboxylic acids is 1. The molecule has 2 N–H and O–H groups in total. The van der Waals surface area contributed by atoms with Gasteiger partial charge in [0.2, 0.25) is 5.91 Å². The van der Waals surface area contributed by atoms with Gasteiger partial charge in [0.25, 0.3) is 5.69 Å². The zero-order chi connectivity index (χ0) is 15.3. The van der Waals surface area contributed by atoms with Gasteiger partial charge < -0.3 is 10.4 Å². The molecule has 9 heteroatoms. The summed E-state index contributed by atoms with van der Waals surface area (Å²) in [7, 11) is 0. The first-order valence-electron chi connectivity index (χ1n) is 5.38. The average molecular weight is 302 g/mol. The van der Waals surface area contributed by atoms with E-state index in [1.54, 1.807) is 0 Å². The van der Waals surface area contributed by atoms with Gasteiger partial charge in [-0.1, -0.05) is 0 Å². The second-order valence-electron chi connectivity index (χ2n) is 3.77. The smallest absolute Gasteiger partial charge is 0.327 e. The number of carbonyl (C=O) groups is 2. The van der Waals surface area contributed by atoms with Crippen molar-refractivity contribution in [2.24, 2.45) is 0 Å². The molecule has 20 heavy (non-hydrogen) atoms. The molecule has 0 saturated carbocycles. The Morgan fingerprint density at radius 1 is 1.55 bits per heavy atom. The van der Waals surface area contributed by atoms with Gasteiger partial charge in [-0.15, -0.1) is 11.8 Å². The lowest BCUT2D eigenvalue weighted by Crippen LogP contribution is -2.41. The van der Waals surface area contributed by atoms with Crippen molar-refractivity contribution in [3.8, 4) is 0 Å². The van der Waals surface area contributed by atoms with Crippen LogP contribution in [0.15, 0.2) is 23.1 Å². The summed E-state index contributed by atoms with van der Waals surface area (Å²) in [4.78, 5) is 31.8. The number of benzene rings is 1. The Morgan fingerprint density at radius 3 is 2.70 bits per heavy atom. The number of nitrogens with zero attached hydrogens (tertiary/aromatic N) is 1. The molecule has 0 aromatic heterocycles. The second kappa shape index (κ2) is 6.85. The molecule has 0 aliphatic rings. The van der Waals surface area contributed by atoms with E-state index in [9.17, 15) is 24.1 Å². The zero-order valence-electron chi connectivity index (χ0n) is 10.3. The molecule has 1 aromatic carbocycles. The van der Waals surface area contributed by atoms with E-state index in [1.807, 2.05) is 0 Å². The van der Waals surface area contributed by atoms with E-state index >= 15 is 0 Å². The Kier molecular flexibility index (Phi) is 5.44. The minimum atomic E-state index is -1.27. The first-order valence-corrected chi connectivity index (χ1v) is 6.36.